The normalized spacial score (nSPS) is 20.0. The van der Waals surface area contributed by atoms with E-state index in [9.17, 15) is 9.59 Å². The Hall–Kier alpha value is -2.81. The summed E-state index contributed by atoms with van der Waals surface area (Å²) in [6.07, 6.45) is 4.72. The minimum absolute atomic E-state index is 0.0235. The van der Waals surface area contributed by atoms with Gasteiger partial charge < -0.3 is 24.7 Å². The molecule has 2 N–H and O–H groups in total. The Morgan fingerprint density at radius 1 is 1.31 bits per heavy atom. The van der Waals surface area contributed by atoms with E-state index >= 15 is 0 Å². The van der Waals surface area contributed by atoms with Crippen LogP contribution in [-0.2, 0) is 22.6 Å². The lowest BCUT2D eigenvalue weighted by molar-refractivity contribution is -0.144. The zero-order valence-corrected chi connectivity index (χ0v) is 14.8. The summed E-state index contributed by atoms with van der Waals surface area (Å²) in [6.45, 7) is 5.46. The number of carbonyl (C=O) groups is 2. The molecule has 3 amide bonds. The summed E-state index contributed by atoms with van der Waals surface area (Å²) in [7, 11) is 0. The van der Waals surface area contributed by atoms with Crippen molar-refractivity contribution in [1.82, 2.24) is 20.0 Å². The predicted molar refractivity (Wildman–Crippen MR) is 93.4 cm³/mol. The molecule has 26 heavy (non-hydrogen) atoms. The highest BCUT2D eigenvalue weighted by molar-refractivity contribution is 5.88. The fourth-order valence-electron chi connectivity index (χ4n) is 2.89. The van der Waals surface area contributed by atoms with E-state index in [-0.39, 0.29) is 30.7 Å². The van der Waals surface area contributed by atoms with Crippen LogP contribution in [0.2, 0.25) is 0 Å². The molecule has 140 valence electrons. The molecule has 1 saturated heterocycles. The average Bonchev–Trinajstić information content (AvgIpc) is 3.24. The first-order valence-electron chi connectivity index (χ1n) is 8.52. The topological polar surface area (TPSA) is 102 Å². The number of hydrogen-bond donors (Lipinski definition) is 2. The molecule has 1 fully saturated rings. The molecular formula is C17H23N5O4. The second-order valence-corrected chi connectivity index (χ2v) is 6.37. The summed E-state index contributed by atoms with van der Waals surface area (Å²) in [6, 6.07) is 3.16. The minimum atomic E-state index is -0.372. The molecule has 0 aromatic carbocycles. The first-order chi connectivity index (χ1) is 12.5. The molecule has 1 aliphatic rings. The Kier molecular flexibility index (Phi) is 5.57. The van der Waals surface area contributed by atoms with Gasteiger partial charge in [0, 0.05) is 19.3 Å². The van der Waals surface area contributed by atoms with Crippen LogP contribution < -0.4 is 10.6 Å². The first-order valence-corrected chi connectivity index (χ1v) is 8.52. The van der Waals surface area contributed by atoms with Crippen molar-refractivity contribution in [3.05, 3.63) is 36.5 Å². The Morgan fingerprint density at radius 3 is 2.77 bits per heavy atom. The van der Waals surface area contributed by atoms with Gasteiger partial charge in [0.1, 0.15) is 12.3 Å². The molecule has 2 aromatic rings. The molecular weight excluding hydrogens is 338 g/mol. The Bertz CT molecular complexity index is 732. The number of ether oxygens (including phenoxy) is 1. The molecule has 9 heteroatoms. The van der Waals surface area contributed by atoms with Gasteiger partial charge in [0.05, 0.1) is 36.9 Å². The summed E-state index contributed by atoms with van der Waals surface area (Å²) in [4.78, 5) is 26.1. The van der Waals surface area contributed by atoms with Gasteiger partial charge >= 0.3 is 6.03 Å². The quantitative estimate of drug-likeness (QED) is 0.839. The lowest BCUT2D eigenvalue weighted by atomic mass is 10.2. The largest absolute Gasteiger partial charge is 0.467 e. The van der Waals surface area contributed by atoms with E-state index < -0.39 is 0 Å². The number of anilines is 1. The third kappa shape index (κ3) is 4.85. The zero-order chi connectivity index (χ0) is 18.5. The van der Waals surface area contributed by atoms with Gasteiger partial charge in [-0.25, -0.2) is 4.79 Å². The van der Waals surface area contributed by atoms with Crippen molar-refractivity contribution in [2.45, 2.75) is 39.1 Å². The van der Waals surface area contributed by atoms with Gasteiger partial charge in [-0.3, -0.25) is 9.48 Å². The lowest BCUT2D eigenvalue weighted by Crippen LogP contribution is -2.49. The van der Waals surface area contributed by atoms with Gasteiger partial charge in [-0.2, -0.15) is 5.10 Å². The van der Waals surface area contributed by atoms with Crippen LogP contribution in [0.15, 0.2) is 35.2 Å². The minimum Gasteiger partial charge on any atom is -0.467 e. The van der Waals surface area contributed by atoms with E-state index in [0.29, 0.717) is 31.1 Å². The van der Waals surface area contributed by atoms with Crippen molar-refractivity contribution in [3.8, 4) is 0 Å². The molecule has 0 saturated carbocycles. The Balaban J connectivity index is 1.48. The Labute approximate surface area is 151 Å². The number of nitrogens with zero attached hydrogens (tertiary/aromatic N) is 3. The maximum atomic E-state index is 12.4. The fourth-order valence-corrected chi connectivity index (χ4v) is 2.89. The second-order valence-electron chi connectivity index (χ2n) is 6.37. The van der Waals surface area contributed by atoms with E-state index in [2.05, 4.69) is 15.7 Å². The van der Waals surface area contributed by atoms with Crippen molar-refractivity contribution < 1.29 is 18.7 Å². The van der Waals surface area contributed by atoms with Crippen molar-refractivity contribution in [1.29, 1.82) is 0 Å². The molecule has 9 nitrogen and oxygen atoms in total. The number of morpholine rings is 1. The fraction of sp³-hybridized carbons (Fsp3) is 0.471. The molecule has 2 aromatic heterocycles. The number of carbonyl (C=O) groups excluding carboxylic acids is 2. The number of nitrogens with one attached hydrogen (secondary N) is 2. The van der Waals surface area contributed by atoms with E-state index in [4.69, 9.17) is 9.15 Å². The molecule has 0 bridgehead atoms. The summed E-state index contributed by atoms with van der Waals surface area (Å²) in [5.41, 5.74) is 0.512. The van der Waals surface area contributed by atoms with Crippen LogP contribution in [0.1, 0.15) is 19.6 Å². The van der Waals surface area contributed by atoms with E-state index in [1.165, 1.54) is 10.9 Å². The number of amides is 3. The van der Waals surface area contributed by atoms with Gasteiger partial charge in [-0.15, -0.1) is 0 Å². The van der Waals surface area contributed by atoms with Crippen LogP contribution in [-0.4, -0.2) is 51.9 Å². The van der Waals surface area contributed by atoms with Gasteiger partial charge in [0.25, 0.3) is 0 Å². The van der Waals surface area contributed by atoms with E-state index in [1.807, 2.05) is 13.8 Å². The van der Waals surface area contributed by atoms with Crippen LogP contribution in [0.4, 0.5) is 10.5 Å². The van der Waals surface area contributed by atoms with Crippen LogP contribution in [0.25, 0.3) is 0 Å². The van der Waals surface area contributed by atoms with Crippen LogP contribution in [0.3, 0.4) is 0 Å². The van der Waals surface area contributed by atoms with Gasteiger partial charge in [0.2, 0.25) is 5.91 Å². The molecule has 0 aliphatic carbocycles. The predicted octanol–water partition coefficient (Wildman–Crippen LogP) is 1.43. The second kappa shape index (κ2) is 8.05. The van der Waals surface area contributed by atoms with Crippen molar-refractivity contribution in [3.63, 3.8) is 0 Å². The summed E-state index contributed by atoms with van der Waals surface area (Å²) >= 11 is 0. The van der Waals surface area contributed by atoms with Crippen molar-refractivity contribution in [2.24, 2.45) is 0 Å². The smallest absolute Gasteiger partial charge is 0.319 e. The Morgan fingerprint density at radius 2 is 2.08 bits per heavy atom. The van der Waals surface area contributed by atoms with Crippen molar-refractivity contribution >= 4 is 17.6 Å². The SMILES string of the molecule is CC1CN(C(=O)Cn2cc(NC(=O)NCc3ccco3)cn2)CC(C)O1. The van der Waals surface area contributed by atoms with Gasteiger partial charge in [-0.05, 0) is 26.0 Å². The maximum absolute atomic E-state index is 12.4. The summed E-state index contributed by atoms with van der Waals surface area (Å²) in [5, 5.41) is 9.48. The highest BCUT2D eigenvalue weighted by atomic mass is 16.5. The van der Waals surface area contributed by atoms with Crippen molar-refractivity contribution in [2.75, 3.05) is 18.4 Å². The maximum Gasteiger partial charge on any atom is 0.319 e. The number of aromatic nitrogens is 2. The van der Waals surface area contributed by atoms with Gasteiger partial charge in [-0.1, -0.05) is 0 Å². The summed E-state index contributed by atoms with van der Waals surface area (Å²) < 4.78 is 12.3. The van der Waals surface area contributed by atoms with Crippen LogP contribution in [0.5, 0.6) is 0 Å². The van der Waals surface area contributed by atoms with E-state index in [0.717, 1.165) is 0 Å². The standard InChI is InChI=1S/C17H23N5O4/c1-12-8-21(9-13(2)26-12)16(23)11-22-10-14(6-19-22)20-17(24)18-7-15-4-3-5-25-15/h3-6,10,12-13H,7-9,11H2,1-2H3,(H2,18,20,24). The third-order valence-corrected chi connectivity index (χ3v) is 3.96. The molecule has 3 rings (SSSR count). The molecule has 2 unspecified atom stereocenters. The van der Waals surface area contributed by atoms with E-state index in [1.54, 1.807) is 29.5 Å². The summed E-state index contributed by atoms with van der Waals surface area (Å²) in [5.74, 6) is 0.638. The molecule has 2 atom stereocenters. The molecule has 3 heterocycles. The molecule has 0 radical (unpaired) electrons. The lowest BCUT2D eigenvalue weighted by Gasteiger charge is -2.35. The zero-order valence-electron chi connectivity index (χ0n) is 14.8. The number of furan rings is 1. The van der Waals surface area contributed by atoms with Crippen LogP contribution in [0, 0.1) is 0 Å². The molecule has 1 aliphatic heterocycles. The average molecular weight is 361 g/mol. The van der Waals surface area contributed by atoms with Gasteiger partial charge in [0.15, 0.2) is 0 Å². The first kappa shape index (κ1) is 18.0. The number of hydrogen-bond acceptors (Lipinski definition) is 5. The van der Waals surface area contributed by atoms with Crippen LogP contribution >= 0.6 is 0 Å². The monoisotopic (exact) mass is 361 g/mol. The molecule has 0 spiro atoms. The number of urea groups is 1. The number of rotatable bonds is 5. The highest BCUT2D eigenvalue weighted by Crippen LogP contribution is 2.12. The highest BCUT2D eigenvalue weighted by Gasteiger charge is 2.26. The third-order valence-electron chi connectivity index (χ3n) is 3.96.